The van der Waals surface area contributed by atoms with E-state index in [0.717, 1.165) is 25.9 Å². The van der Waals surface area contributed by atoms with Gasteiger partial charge in [-0.25, -0.2) is 8.42 Å². The van der Waals surface area contributed by atoms with Gasteiger partial charge < -0.3 is 15.4 Å². The highest BCUT2D eigenvalue weighted by Crippen LogP contribution is 2.25. The van der Waals surface area contributed by atoms with Gasteiger partial charge >= 0.3 is 5.97 Å². The van der Waals surface area contributed by atoms with Crippen LogP contribution in [0.1, 0.15) is 54.4 Å². The minimum Gasteiger partial charge on any atom is -0.469 e. The van der Waals surface area contributed by atoms with Gasteiger partial charge in [0.25, 0.3) is 5.91 Å². The molecular weight excluding hydrogens is 428 g/mol. The highest BCUT2D eigenvalue weighted by atomic mass is 35.5. The van der Waals surface area contributed by atoms with E-state index in [9.17, 15) is 18.0 Å². The van der Waals surface area contributed by atoms with Gasteiger partial charge in [0, 0.05) is 11.6 Å². The van der Waals surface area contributed by atoms with E-state index in [-0.39, 0.29) is 47.2 Å². The SMILES string of the molecule is COC(=O)C1CCC(NC(=O)c2ccc(CS(=O)(=O)C3CCNCC3)cc2)CC1.Cl. The first-order valence-corrected chi connectivity index (χ1v) is 12.0. The minimum atomic E-state index is -3.19. The summed E-state index contributed by atoms with van der Waals surface area (Å²) in [5.41, 5.74) is 1.22. The molecule has 1 amide bonds. The van der Waals surface area contributed by atoms with Gasteiger partial charge in [-0.3, -0.25) is 9.59 Å². The number of methoxy groups -OCH3 is 1. The largest absolute Gasteiger partial charge is 0.469 e. The van der Waals surface area contributed by atoms with Crippen molar-refractivity contribution < 1.29 is 22.7 Å². The van der Waals surface area contributed by atoms with E-state index >= 15 is 0 Å². The molecule has 0 bridgehead atoms. The molecule has 1 aromatic carbocycles. The molecule has 1 saturated carbocycles. The molecule has 0 unspecified atom stereocenters. The number of piperidine rings is 1. The van der Waals surface area contributed by atoms with Crippen molar-refractivity contribution in [2.24, 2.45) is 5.92 Å². The molecule has 1 heterocycles. The topological polar surface area (TPSA) is 102 Å². The number of halogens is 1. The van der Waals surface area contributed by atoms with Crippen LogP contribution in [0.4, 0.5) is 0 Å². The Labute approximate surface area is 184 Å². The van der Waals surface area contributed by atoms with Gasteiger partial charge in [-0.2, -0.15) is 0 Å². The molecule has 0 atom stereocenters. The summed E-state index contributed by atoms with van der Waals surface area (Å²) in [6, 6.07) is 6.86. The monoisotopic (exact) mass is 458 g/mol. The Kier molecular flexibility index (Phi) is 9.12. The molecule has 2 fully saturated rings. The van der Waals surface area contributed by atoms with Gasteiger partial charge in [0.1, 0.15) is 0 Å². The Balaban J connectivity index is 0.00000320. The second kappa shape index (κ2) is 11.1. The predicted molar refractivity (Wildman–Crippen MR) is 117 cm³/mol. The lowest BCUT2D eigenvalue weighted by Crippen LogP contribution is -2.38. The van der Waals surface area contributed by atoms with Crippen molar-refractivity contribution >= 4 is 34.1 Å². The van der Waals surface area contributed by atoms with Crippen molar-refractivity contribution in [3.05, 3.63) is 35.4 Å². The maximum Gasteiger partial charge on any atom is 0.308 e. The lowest BCUT2D eigenvalue weighted by molar-refractivity contribution is -0.146. The second-order valence-electron chi connectivity index (χ2n) is 8.00. The third kappa shape index (κ3) is 6.43. The lowest BCUT2D eigenvalue weighted by Gasteiger charge is -2.27. The van der Waals surface area contributed by atoms with Crippen LogP contribution >= 0.6 is 12.4 Å². The maximum absolute atomic E-state index is 12.6. The third-order valence-electron chi connectivity index (χ3n) is 5.97. The van der Waals surface area contributed by atoms with Crippen LogP contribution in [0.5, 0.6) is 0 Å². The molecule has 3 rings (SSSR count). The van der Waals surface area contributed by atoms with E-state index in [1.165, 1.54) is 7.11 Å². The van der Waals surface area contributed by atoms with Crippen LogP contribution in [0.15, 0.2) is 24.3 Å². The molecule has 0 radical (unpaired) electrons. The average molecular weight is 459 g/mol. The third-order valence-corrected chi connectivity index (χ3v) is 8.20. The first-order valence-electron chi connectivity index (χ1n) is 10.3. The normalized spacial score (nSPS) is 22.6. The zero-order valence-electron chi connectivity index (χ0n) is 17.3. The van der Waals surface area contributed by atoms with Crippen LogP contribution in [0.2, 0.25) is 0 Å². The Morgan fingerprint density at radius 1 is 1.03 bits per heavy atom. The summed E-state index contributed by atoms with van der Waals surface area (Å²) in [4.78, 5) is 24.1. The summed E-state index contributed by atoms with van der Waals surface area (Å²) >= 11 is 0. The number of esters is 1. The van der Waals surface area contributed by atoms with E-state index in [0.29, 0.717) is 36.8 Å². The quantitative estimate of drug-likeness (QED) is 0.634. The lowest BCUT2D eigenvalue weighted by atomic mass is 9.86. The summed E-state index contributed by atoms with van der Waals surface area (Å²) < 4.78 is 30.0. The van der Waals surface area contributed by atoms with Gasteiger partial charge in [-0.1, -0.05) is 12.1 Å². The molecule has 1 saturated heterocycles. The molecule has 1 aliphatic carbocycles. The highest BCUT2D eigenvalue weighted by molar-refractivity contribution is 7.91. The van der Waals surface area contributed by atoms with Gasteiger partial charge in [-0.05, 0) is 69.3 Å². The molecule has 7 nitrogen and oxygen atoms in total. The number of amides is 1. The van der Waals surface area contributed by atoms with Crippen LogP contribution in [-0.4, -0.2) is 51.8 Å². The molecule has 1 aromatic rings. The molecule has 0 aromatic heterocycles. The van der Waals surface area contributed by atoms with Crippen molar-refractivity contribution in [3.8, 4) is 0 Å². The fourth-order valence-electron chi connectivity index (χ4n) is 4.17. The molecule has 2 aliphatic rings. The van der Waals surface area contributed by atoms with Crippen LogP contribution < -0.4 is 10.6 Å². The summed E-state index contributed by atoms with van der Waals surface area (Å²) in [7, 11) is -1.78. The minimum absolute atomic E-state index is 0. The van der Waals surface area contributed by atoms with E-state index in [4.69, 9.17) is 4.74 Å². The summed E-state index contributed by atoms with van der Waals surface area (Å²) in [6.45, 7) is 1.48. The number of hydrogen-bond donors (Lipinski definition) is 2. The van der Waals surface area contributed by atoms with Crippen LogP contribution in [0, 0.1) is 5.92 Å². The Bertz CT molecular complexity index is 814. The molecule has 0 spiro atoms. The first kappa shape index (κ1) is 24.6. The van der Waals surface area contributed by atoms with Crippen molar-refractivity contribution in [3.63, 3.8) is 0 Å². The molecule has 2 N–H and O–H groups in total. The predicted octanol–water partition coefficient (Wildman–Crippen LogP) is 2.24. The van der Waals surface area contributed by atoms with Crippen molar-refractivity contribution in [1.82, 2.24) is 10.6 Å². The molecule has 1 aliphatic heterocycles. The van der Waals surface area contributed by atoms with Crippen LogP contribution in [0.3, 0.4) is 0 Å². The zero-order chi connectivity index (χ0) is 20.9. The van der Waals surface area contributed by atoms with Crippen LogP contribution in [-0.2, 0) is 25.1 Å². The Morgan fingerprint density at radius 3 is 2.20 bits per heavy atom. The van der Waals surface area contributed by atoms with Gasteiger partial charge in [-0.15, -0.1) is 12.4 Å². The van der Waals surface area contributed by atoms with E-state index in [2.05, 4.69) is 10.6 Å². The molecular formula is C21H31ClN2O5S. The molecule has 168 valence electrons. The Morgan fingerprint density at radius 2 is 1.63 bits per heavy atom. The van der Waals surface area contributed by atoms with E-state index < -0.39 is 9.84 Å². The number of carbonyl (C=O) groups is 2. The van der Waals surface area contributed by atoms with Crippen molar-refractivity contribution in [1.29, 1.82) is 0 Å². The number of hydrogen-bond acceptors (Lipinski definition) is 6. The zero-order valence-corrected chi connectivity index (χ0v) is 18.9. The summed E-state index contributed by atoms with van der Waals surface area (Å²) in [5, 5.41) is 5.91. The van der Waals surface area contributed by atoms with Crippen molar-refractivity contribution in [2.45, 2.75) is 55.6 Å². The number of nitrogens with one attached hydrogen (secondary N) is 2. The Hall–Kier alpha value is -1.64. The smallest absolute Gasteiger partial charge is 0.308 e. The second-order valence-corrected chi connectivity index (χ2v) is 10.3. The number of carbonyl (C=O) groups excluding carboxylic acids is 2. The summed E-state index contributed by atoms with van der Waals surface area (Å²) in [5.74, 6) is -0.407. The standard InChI is InChI=1S/C21H30N2O5S.ClH/c1-28-21(25)17-6-8-18(9-7-17)23-20(24)16-4-2-15(3-5-16)14-29(26,27)19-10-12-22-13-11-19;/h2-5,17-19,22H,6-14H2,1H3,(H,23,24);1H. The van der Waals surface area contributed by atoms with Crippen molar-refractivity contribution in [2.75, 3.05) is 20.2 Å². The van der Waals surface area contributed by atoms with Gasteiger partial charge in [0.05, 0.1) is 24.0 Å². The van der Waals surface area contributed by atoms with Gasteiger partial charge in [0.15, 0.2) is 9.84 Å². The molecule has 9 heteroatoms. The highest BCUT2D eigenvalue weighted by Gasteiger charge is 2.29. The summed E-state index contributed by atoms with van der Waals surface area (Å²) in [6.07, 6.45) is 4.23. The number of benzene rings is 1. The van der Waals surface area contributed by atoms with E-state index in [1.807, 2.05) is 0 Å². The van der Waals surface area contributed by atoms with E-state index in [1.54, 1.807) is 24.3 Å². The fourth-order valence-corrected chi connectivity index (χ4v) is 6.01. The number of sulfone groups is 1. The van der Waals surface area contributed by atoms with Crippen LogP contribution in [0.25, 0.3) is 0 Å². The van der Waals surface area contributed by atoms with Gasteiger partial charge in [0.2, 0.25) is 0 Å². The number of ether oxygens (including phenoxy) is 1. The maximum atomic E-state index is 12.6. The first-order chi connectivity index (χ1) is 13.9. The number of rotatable bonds is 6. The fraction of sp³-hybridized carbons (Fsp3) is 0.619. The average Bonchev–Trinajstić information content (AvgIpc) is 2.74. The molecule has 30 heavy (non-hydrogen) atoms.